The number of rotatable bonds is 4. The van der Waals surface area contributed by atoms with Crippen LogP contribution in [0.3, 0.4) is 0 Å². The van der Waals surface area contributed by atoms with E-state index in [1.165, 1.54) is 25.8 Å². The molecule has 21 heavy (non-hydrogen) atoms. The predicted octanol–water partition coefficient (Wildman–Crippen LogP) is 2.61. The molecule has 2 heterocycles. The maximum Gasteiger partial charge on any atom is 0.123 e. The average molecular weight is 291 g/mol. The van der Waals surface area contributed by atoms with Crippen LogP contribution in [0.2, 0.25) is 0 Å². The van der Waals surface area contributed by atoms with Crippen LogP contribution >= 0.6 is 0 Å². The Morgan fingerprint density at radius 1 is 1.29 bits per heavy atom. The quantitative estimate of drug-likeness (QED) is 0.925. The van der Waals surface area contributed by atoms with Gasteiger partial charge < -0.3 is 10.6 Å². The van der Waals surface area contributed by atoms with Crippen LogP contribution in [0.5, 0.6) is 0 Å². The molecule has 1 aromatic carbocycles. The monoisotopic (exact) mass is 291 g/mol. The number of nitrogens with two attached hydrogens (primary N) is 1. The number of piperidine rings is 1. The van der Waals surface area contributed by atoms with Gasteiger partial charge in [-0.25, -0.2) is 4.39 Å². The van der Waals surface area contributed by atoms with Crippen LogP contribution in [0.15, 0.2) is 24.3 Å². The molecule has 0 radical (unpaired) electrons. The van der Waals surface area contributed by atoms with E-state index in [0.717, 1.165) is 25.2 Å². The van der Waals surface area contributed by atoms with E-state index in [-0.39, 0.29) is 11.4 Å². The number of hydrogen-bond donors (Lipinski definition) is 1. The molecular formula is C17H26FN3. The molecule has 0 spiro atoms. The zero-order valence-electron chi connectivity index (χ0n) is 12.9. The summed E-state index contributed by atoms with van der Waals surface area (Å²) >= 11 is 0. The highest BCUT2D eigenvalue weighted by Crippen LogP contribution is 2.40. The molecular weight excluding hydrogens is 265 g/mol. The van der Waals surface area contributed by atoms with E-state index in [1.807, 2.05) is 12.1 Å². The van der Waals surface area contributed by atoms with E-state index in [2.05, 4.69) is 16.7 Å². The topological polar surface area (TPSA) is 32.5 Å². The summed E-state index contributed by atoms with van der Waals surface area (Å²) in [6.07, 6.45) is 4.94. The number of halogens is 1. The molecule has 2 fully saturated rings. The van der Waals surface area contributed by atoms with Crippen molar-refractivity contribution in [3.8, 4) is 0 Å². The van der Waals surface area contributed by atoms with Crippen molar-refractivity contribution in [2.45, 2.75) is 44.2 Å². The molecule has 2 atom stereocenters. The van der Waals surface area contributed by atoms with Crippen LogP contribution in [-0.4, -0.2) is 42.7 Å². The van der Waals surface area contributed by atoms with E-state index < -0.39 is 0 Å². The zero-order chi connectivity index (χ0) is 14.9. The molecule has 3 rings (SSSR count). The van der Waals surface area contributed by atoms with Gasteiger partial charge in [-0.3, -0.25) is 4.90 Å². The minimum Gasteiger partial charge on any atom is -0.363 e. The van der Waals surface area contributed by atoms with Gasteiger partial charge in [0.2, 0.25) is 0 Å². The molecule has 3 nitrogen and oxygen atoms in total. The van der Waals surface area contributed by atoms with E-state index in [4.69, 9.17) is 5.73 Å². The second-order valence-corrected chi connectivity index (χ2v) is 6.33. The first-order chi connectivity index (χ1) is 10.2. The second-order valence-electron chi connectivity index (χ2n) is 6.33. The third-order valence-corrected chi connectivity index (χ3v) is 5.41. The van der Waals surface area contributed by atoms with Gasteiger partial charge in [0.1, 0.15) is 5.82 Å². The van der Waals surface area contributed by atoms with Crippen molar-refractivity contribution < 1.29 is 4.39 Å². The number of anilines is 1. The van der Waals surface area contributed by atoms with Crippen molar-refractivity contribution in [1.82, 2.24) is 4.90 Å². The first-order valence-electron chi connectivity index (χ1n) is 8.18. The standard InChI is InChI=1S/C17H26FN3/c1-2-21(15-8-6-14(18)7-9-15)17(13-19)10-12-20-11-4-3-5-16(17)20/h6-9,16H,2-5,10-13,19H2,1H3. The third kappa shape index (κ3) is 2.44. The lowest BCUT2D eigenvalue weighted by Crippen LogP contribution is -2.62. The smallest absolute Gasteiger partial charge is 0.123 e. The molecule has 2 N–H and O–H groups in total. The van der Waals surface area contributed by atoms with Crippen LogP contribution in [0.25, 0.3) is 0 Å². The van der Waals surface area contributed by atoms with Crippen LogP contribution in [0.4, 0.5) is 10.1 Å². The lowest BCUT2D eigenvalue weighted by Gasteiger charge is -2.48. The van der Waals surface area contributed by atoms with E-state index in [9.17, 15) is 4.39 Å². The Kier molecular flexibility index (Phi) is 4.18. The van der Waals surface area contributed by atoms with Crippen LogP contribution in [-0.2, 0) is 0 Å². The SMILES string of the molecule is CCN(c1ccc(F)cc1)C1(CN)CCN2CCCCC21. The largest absolute Gasteiger partial charge is 0.363 e. The van der Waals surface area contributed by atoms with Crippen molar-refractivity contribution in [2.75, 3.05) is 31.1 Å². The van der Waals surface area contributed by atoms with Gasteiger partial charge in [-0.1, -0.05) is 6.42 Å². The minimum absolute atomic E-state index is 0.00694. The molecule has 4 heteroatoms. The first-order valence-corrected chi connectivity index (χ1v) is 8.18. The maximum absolute atomic E-state index is 13.2. The highest BCUT2D eigenvalue weighted by atomic mass is 19.1. The normalized spacial score (nSPS) is 29.4. The van der Waals surface area contributed by atoms with Gasteiger partial charge in [-0.05, 0) is 57.0 Å². The van der Waals surface area contributed by atoms with E-state index in [0.29, 0.717) is 12.6 Å². The molecule has 0 amide bonds. The second kappa shape index (κ2) is 5.93. The molecule has 2 aliphatic heterocycles. The fourth-order valence-corrected chi connectivity index (χ4v) is 4.41. The van der Waals surface area contributed by atoms with Crippen LogP contribution < -0.4 is 10.6 Å². The minimum atomic E-state index is -0.178. The molecule has 1 aromatic rings. The van der Waals surface area contributed by atoms with Gasteiger partial charge in [-0.2, -0.15) is 0 Å². The Balaban J connectivity index is 1.94. The zero-order valence-corrected chi connectivity index (χ0v) is 12.9. The van der Waals surface area contributed by atoms with Gasteiger partial charge in [0, 0.05) is 31.4 Å². The fraction of sp³-hybridized carbons (Fsp3) is 0.647. The summed E-state index contributed by atoms with van der Waals surface area (Å²) in [5, 5.41) is 0. The first kappa shape index (κ1) is 14.8. The predicted molar refractivity (Wildman–Crippen MR) is 85.0 cm³/mol. The Bertz CT molecular complexity index is 475. The number of hydrogen-bond acceptors (Lipinski definition) is 3. The summed E-state index contributed by atoms with van der Waals surface area (Å²) in [4.78, 5) is 5.03. The summed E-state index contributed by atoms with van der Waals surface area (Å²) < 4.78 is 13.2. The van der Waals surface area contributed by atoms with Crippen molar-refractivity contribution in [2.24, 2.45) is 5.73 Å². The highest BCUT2D eigenvalue weighted by molar-refractivity contribution is 5.50. The Labute approximate surface area is 126 Å². The number of likely N-dealkylation sites (N-methyl/N-ethyl adjacent to an activating group) is 1. The molecule has 0 aromatic heterocycles. The fourth-order valence-electron chi connectivity index (χ4n) is 4.41. The average Bonchev–Trinajstić information content (AvgIpc) is 2.90. The van der Waals surface area contributed by atoms with E-state index >= 15 is 0 Å². The lowest BCUT2D eigenvalue weighted by molar-refractivity contribution is 0.155. The number of fused-ring (bicyclic) bond motifs is 1. The summed E-state index contributed by atoms with van der Waals surface area (Å²) in [7, 11) is 0. The van der Waals surface area contributed by atoms with Crippen LogP contribution in [0.1, 0.15) is 32.6 Å². The molecule has 2 unspecified atom stereocenters. The summed E-state index contributed by atoms with van der Waals surface area (Å²) in [5.74, 6) is -0.178. The molecule has 0 aliphatic carbocycles. The Hall–Kier alpha value is -1.13. The lowest BCUT2D eigenvalue weighted by atomic mass is 9.83. The van der Waals surface area contributed by atoms with Gasteiger partial charge >= 0.3 is 0 Å². The van der Waals surface area contributed by atoms with Crippen molar-refractivity contribution in [1.29, 1.82) is 0 Å². The molecule has 116 valence electrons. The molecule has 2 aliphatic rings. The van der Waals surface area contributed by atoms with Gasteiger partial charge in [-0.15, -0.1) is 0 Å². The Morgan fingerprint density at radius 2 is 2.05 bits per heavy atom. The van der Waals surface area contributed by atoms with E-state index in [1.54, 1.807) is 12.1 Å². The summed E-state index contributed by atoms with van der Waals surface area (Å²) in [6.45, 7) is 6.09. The van der Waals surface area contributed by atoms with Gasteiger partial charge in [0.25, 0.3) is 0 Å². The Morgan fingerprint density at radius 3 is 2.71 bits per heavy atom. The van der Waals surface area contributed by atoms with Crippen LogP contribution in [0, 0.1) is 5.82 Å². The highest BCUT2D eigenvalue weighted by Gasteiger charge is 2.50. The number of nitrogens with zero attached hydrogens (tertiary/aromatic N) is 2. The van der Waals surface area contributed by atoms with Gasteiger partial charge in [0.15, 0.2) is 0 Å². The summed E-state index contributed by atoms with van der Waals surface area (Å²) in [6, 6.07) is 7.43. The van der Waals surface area contributed by atoms with Crippen molar-refractivity contribution in [3.05, 3.63) is 30.1 Å². The summed E-state index contributed by atoms with van der Waals surface area (Å²) in [5.41, 5.74) is 7.38. The molecule has 2 saturated heterocycles. The third-order valence-electron chi connectivity index (χ3n) is 5.41. The van der Waals surface area contributed by atoms with Crippen molar-refractivity contribution >= 4 is 5.69 Å². The number of benzene rings is 1. The maximum atomic E-state index is 13.2. The van der Waals surface area contributed by atoms with Crippen molar-refractivity contribution in [3.63, 3.8) is 0 Å². The van der Waals surface area contributed by atoms with Gasteiger partial charge in [0.05, 0.1) is 5.54 Å². The molecule has 0 bridgehead atoms. The molecule has 0 saturated carbocycles.